The minimum atomic E-state index is -0.440. The molecule has 21 heavy (non-hydrogen) atoms. The van der Waals surface area contributed by atoms with Crippen molar-refractivity contribution < 1.29 is 14.3 Å². The molecule has 3 heteroatoms. The number of hydrogen-bond acceptors (Lipinski definition) is 3. The molecule has 0 amide bonds. The summed E-state index contributed by atoms with van der Waals surface area (Å²) in [6.07, 6.45) is 7.31. The summed E-state index contributed by atoms with van der Waals surface area (Å²) < 4.78 is 12.6. The monoisotopic (exact) mass is 290 g/mol. The first-order chi connectivity index (χ1) is 9.88. The molecular weight excluding hydrogens is 264 g/mol. The molecule has 0 radical (unpaired) electrons. The zero-order valence-corrected chi connectivity index (χ0v) is 13.4. The zero-order valence-electron chi connectivity index (χ0n) is 13.4. The molecule has 5 fully saturated rings. The van der Waals surface area contributed by atoms with Crippen molar-refractivity contribution >= 4 is 5.78 Å². The van der Waals surface area contributed by atoms with Crippen LogP contribution in [0.15, 0.2) is 0 Å². The molecule has 4 saturated carbocycles. The zero-order chi connectivity index (χ0) is 14.6. The maximum atomic E-state index is 12.7. The number of fused-ring (bicyclic) bond motifs is 3. The normalized spacial score (nSPS) is 60.0. The van der Waals surface area contributed by atoms with E-state index in [1.807, 2.05) is 13.8 Å². The summed E-state index contributed by atoms with van der Waals surface area (Å²) in [5.41, 5.74) is 0.188. The van der Waals surface area contributed by atoms with Crippen molar-refractivity contribution in [2.45, 2.75) is 77.3 Å². The van der Waals surface area contributed by atoms with E-state index in [0.717, 1.165) is 25.2 Å². The van der Waals surface area contributed by atoms with Crippen molar-refractivity contribution in [3.63, 3.8) is 0 Å². The van der Waals surface area contributed by atoms with Gasteiger partial charge in [0.05, 0.1) is 12.2 Å². The molecule has 1 saturated heterocycles. The molecule has 7 atom stereocenters. The molecule has 0 aromatic carbocycles. The third-order valence-corrected chi connectivity index (χ3v) is 7.94. The van der Waals surface area contributed by atoms with Crippen LogP contribution in [-0.4, -0.2) is 23.8 Å². The third kappa shape index (κ3) is 1.29. The van der Waals surface area contributed by atoms with Crippen LogP contribution in [0, 0.1) is 28.6 Å². The van der Waals surface area contributed by atoms with E-state index in [9.17, 15) is 4.79 Å². The summed E-state index contributed by atoms with van der Waals surface area (Å²) in [7, 11) is 0. The van der Waals surface area contributed by atoms with E-state index in [0.29, 0.717) is 17.6 Å². The van der Waals surface area contributed by atoms with Crippen LogP contribution >= 0.6 is 0 Å². The molecule has 1 spiro atoms. The molecule has 4 aliphatic carbocycles. The van der Waals surface area contributed by atoms with Crippen LogP contribution in [0.25, 0.3) is 0 Å². The molecule has 1 aliphatic heterocycles. The number of Topliss-reactive ketones (excluding diaryl/α,β-unsaturated/α-hetero) is 1. The quantitative estimate of drug-likeness (QED) is 0.686. The Balaban J connectivity index is 1.60. The Morgan fingerprint density at radius 1 is 1.05 bits per heavy atom. The standard InChI is InChI=1S/C18H26O3/c1-16(2)20-12-8-10-4-6-13-17(3)11(5-7-14(17)19)9-18(10,13)15(12)21-16/h10-13,15H,4-9H2,1-3H3/t10-,11+,12+,13+,15-,17+,18-/m0/s1. The average Bonchev–Trinajstić information content (AvgIpc) is 3.08. The van der Waals surface area contributed by atoms with Gasteiger partial charge in [0.1, 0.15) is 5.78 Å². The van der Waals surface area contributed by atoms with Crippen molar-refractivity contribution in [2.75, 3.05) is 0 Å². The van der Waals surface area contributed by atoms with Crippen molar-refractivity contribution in [2.24, 2.45) is 28.6 Å². The number of carbonyl (C=O) groups excluding carboxylic acids is 1. The van der Waals surface area contributed by atoms with E-state index in [4.69, 9.17) is 9.47 Å². The van der Waals surface area contributed by atoms with Crippen LogP contribution in [0.3, 0.4) is 0 Å². The molecule has 1 heterocycles. The lowest BCUT2D eigenvalue weighted by atomic mass is 9.67. The second kappa shape index (κ2) is 3.56. The molecule has 3 nitrogen and oxygen atoms in total. The van der Waals surface area contributed by atoms with Gasteiger partial charge in [-0.2, -0.15) is 0 Å². The summed E-state index contributed by atoms with van der Waals surface area (Å²) in [6.45, 7) is 6.37. The first kappa shape index (κ1) is 13.1. The Morgan fingerprint density at radius 3 is 2.67 bits per heavy atom. The fourth-order valence-corrected chi connectivity index (χ4v) is 7.31. The topological polar surface area (TPSA) is 35.5 Å². The van der Waals surface area contributed by atoms with Gasteiger partial charge in [-0.3, -0.25) is 4.79 Å². The Kier molecular flexibility index (Phi) is 2.22. The van der Waals surface area contributed by atoms with Crippen LogP contribution in [0.1, 0.15) is 59.3 Å². The highest BCUT2D eigenvalue weighted by atomic mass is 16.8. The largest absolute Gasteiger partial charge is 0.345 e. The van der Waals surface area contributed by atoms with E-state index in [2.05, 4.69) is 6.92 Å². The van der Waals surface area contributed by atoms with E-state index < -0.39 is 5.79 Å². The second-order valence-electron chi connectivity index (χ2n) is 8.92. The maximum Gasteiger partial charge on any atom is 0.163 e. The first-order valence-electron chi connectivity index (χ1n) is 8.77. The van der Waals surface area contributed by atoms with Gasteiger partial charge in [-0.1, -0.05) is 6.92 Å². The molecule has 5 aliphatic rings. The van der Waals surface area contributed by atoms with Gasteiger partial charge in [0.25, 0.3) is 0 Å². The highest BCUT2D eigenvalue weighted by Crippen LogP contribution is 2.75. The number of ketones is 1. The average molecular weight is 290 g/mol. The number of carbonyl (C=O) groups is 1. The number of rotatable bonds is 0. The highest BCUT2D eigenvalue weighted by molar-refractivity contribution is 5.88. The predicted octanol–water partition coefficient (Wildman–Crippen LogP) is 3.31. The summed E-state index contributed by atoms with van der Waals surface area (Å²) in [6, 6.07) is 0. The second-order valence-corrected chi connectivity index (χ2v) is 8.92. The van der Waals surface area contributed by atoms with Gasteiger partial charge in [-0.05, 0) is 63.7 Å². The minimum Gasteiger partial charge on any atom is -0.345 e. The fraction of sp³-hybridized carbons (Fsp3) is 0.944. The SMILES string of the molecule is CC1(C)O[C@@H]2C[C@@H]3CC[C@@H]4[C@]5(C)C(=O)CC[C@@H]5C[C@]34[C@H]2O1. The van der Waals surface area contributed by atoms with Crippen LogP contribution < -0.4 is 0 Å². The molecule has 116 valence electrons. The lowest BCUT2D eigenvalue weighted by Gasteiger charge is -2.39. The minimum absolute atomic E-state index is 0.0558. The summed E-state index contributed by atoms with van der Waals surface area (Å²) in [5, 5.41) is 0. The van der Waals surface area contributed by atoms with E-state index in [1.165, 1.54) is 19.3 Å². The van der Waals surface area contributed by atoms with Gasteiger partial charge >= 0.3 is 0 Å². The molecular formula is C18H26O3. The Hall–Kier alpha value is -0.410. The summed E-state index contributed by atoms with van der Waals surface area (Å²) >= 11 is 0. The molecule has 0 aromatic rings. The smallest absolute Gasteiger partial charge is 0.163 e. The van der Waals surface area contributed by atoms with Crippen LogP contribution in [0.4, 0.5) is 0 Å². The van der Waals surface area contributed by atoms with Crippen LogP contribution in [0.5, 0.6) is 0 Å². The molecule has 0 aromatic heterocycles. The van der Waals surface area contributed by atoms with Gasteiger partial charge in [0.15, 0.2) is 5.79 Å². The van der Waals surface area contributed by atoms with Gasteiger partial charge in [-0.15, -0.1) is 0 Å². The van der Waals surface area contributed by atoms with Gasteiger partial charge in [-0.25, -0.2) is 0 Å². The van der Waals surface area contributed by atoms with Gasteiger partial charge in [0.2, 0.25) is 0 Å². The molecule has 0 unspecified atom stereocenters. The Labute approximate surface area is 126 Å². The van der Waals surface area contributed by atoms with Crippen molar-refractivity contribution in [3.05, 3.63) is 0 Å². The number of ether oxygens (including phenoxy) is 2. The van der Waals surface area contributed by atoms with Crippen LogP contribution in [0.2, 0.25) is 0 Å². The number of hydrogen-bond donors (Lipinski definition) is 0. The third-order valence-electron chi connectivity index (χ3n) is 7.94. The van der Waals surface area contributed by atoms with E-state index in [-0.39, 0.29) is 23.0 Å². The lowest BCUT2D eigenvalue weighted by Crippen LogP contribution is -2.43. The first-order valence-corrected chi connectivity index (χ1v) is 8.77. The summed E-state index contributed by atoms with van der Waals surface area (Å²) in [5.74, 6) is 1.97. The predicted molar refractivity (Wildman–Crippen MR) is 77.5 cm³/mol. The van der Waals surface area contributed by atoms with Gasteiger partial charge in [0, 0.05) is 17.3 Å². The van der Waals surface area contributed by atoms with Crippen LogP contribution in [-0.2, 0) is 14.3 Å². The fourth-order valence-electron chi connectivity index (χ4n) is 7.31. The lowest BCUT2D eigenvalue weighted by molar-refractivity contribution is -0.173. The van der Waals surface area contributed by atoms with Crippen molar-refractivity contribution in [1.82, 2.24) is 0 Å². The van der Waals surface area contributed by atoms with Crippen molar-refractivity contribution in [1.29, 1.82) is 0 Å². The van der Waals surface area contributed by atoms with Crippen molar-refractivity contribution in [3.8, 4) is 0 Å². The summed E-state index contributed by atoms with van der Waals surface area (Å²) in [4.78, 5) is 12.7. The Bertz CT molecular complexity index is 527. The highest BCUT2D eigenvalue weighted by Gasteiger charge is 2.75. The molecule has 0 N–H and O–H groups in total. The molecule has 5 rings (SSSR count). The van der Waals surface area contributed by atoms with E-state index in [1.54, 1.807) is 0 Å². The Morgan fingerprint density at radius 2 is 1.86 bits per heavy atom. The van der Waals surface area contributed by atoms with Gasteiger partial charge < -0.3 is 9.47 Å². The van der Waals surface area contributed by atoms with E-state index >= 15 is 0 Å². The maximum absolute atomic E-state index is 12.7. The molecule has 0 bridgehead atoms.